The molecule has 138 valence electrons. The topological polar surface area (TPSA) is 69.0 Å². The van der Waals surface area contributed by atoms with E-state index in [-0.39, 0.29) is 17.9 Å². The Labute approximate surface area is 158 Å². The average molecular weight is 362 g/mol. The smallest absolute Gasteiger partial charge is 0.226 e. The summed E-state index contributed by atoms with van der Waals surface area (Å²) in [5, 5.41) is 7.43. The fraction of sp³-hybridized carbons (Fsp3) is 0.286. The van der Waals surface area contributed by atoms with Gasteiger partial charge in [0.05, 0.1) is 11.9 Å². The van der Waals surface area contributed by atoms with Crippen LogP contribution in [0.15, 0.2) is 54.9 Å². The molecular formula is C21H22N4O2. The quantitative estimate of drug-likeness (QED) is 0.747. The van der Waals surface area contributed by atoms with Crippen LogP contribution in [0, 0.1) is 0 Å². The van der Waals surface area contributed by atoms with Gasteiger partial charge in [0, 0.05) is 30.1 Å². The number of nitrogens with zero attached hydrogens (tertiary/aromatic N) is 3. The Hall–Kier alpha value is -3.15. The molecule has 27 heavy (non-hydrogen) atoms. The zero-order chi connectivity index (χ0) is 18.8. The second kappa shape index (κ2) is 7.23. The van der Waals surface area contributed by atoms with Crippen LogP contribution in [-0.4, -0.2) is 20.7 Å². The van der Waals surface area contributed by atoms with Crippen LogP contribution in [-0.2, 0) is 11.4 Å². The first-order valence-electron chi connectivity index (χ1n) is 9.11. The summed E-state index contributed by atoms with van der Waals surface area (Å²) in [4.78, 5) is 16.5. The van der Waals surface area contributed by atoms with Gasteiger partial charge in [0.2, 0.25) is 5.91 Å². The lowest BCUT2D eigenvalue weighted by Gasteiger charge is -2.24. The van der Waals surface area contributed by atoms with Gasteiger partial charge in [0.15, 0.2) is 0 Å². The molecule has 0 saturated carbocycles. The van der Waals surface area contributed by atoms with Crippen LogP contribution in [0.3, 0.4) is 0 Å². The summed E-state index contributed by atoms with van der Waals surface area (Å²) in [6, 6.07) is 13.9. The van der Waals surface area contributed by atoms with Crippen LogP contribution in [0.2, 0.25) is 0 Å². The first-order valence-corrected chi connectivity index (χ1v) is 9.11. The molecule has 0 spiro atoms. The summed E-state index contributed by atoms with van der Waals surface area (Å²) < 4.78 is 7.67. The predicted molar refractivity (Wildman–Crippen MR) is 103 cm³/mol. The highest BCUT2D eigenvalue weighted by Gasteiger charge is 2.30. The first kappa shape index (κ1) is 17.3. The summed E-state index contributed by atoms with van der Waals surface area (Å²) in [7, 11) is 0. The third-order valence-electron chi connectivity index (χ3n) is 4.73. The van der Waals surface area contributed by atoms with E-state index in [1.165, 1.54) is 0 Å². The number of aromatic nitrogens is 3. The summed E-state index contributed by atoms with van der Waals surface area (Å²) in [6.45, 7) is 4.53. The van der Waals surface area contributed by atoms with Crippen LogP contribution >= 0.6 is 0 Å². The average Bonchev–Trinajstić information content (AvgIpc) is 3.11. The lowest BCUT2D eigenvalue weighted by Crippen LogP contribution is -2.25. The van der Waals surface area contributed by atoms with Gasteiger partial charge in [-0.05, 0) is 43.7 Å². The van der Waals surface area contributed by atoms with Crippen molar-refractivity contribution in [2.24, 2.45) is 0 Å². The van der Waals surface area contributed by atoms with Gasteiger partial charge in [-0.1, -0.05) is 18.2 Å². The van der Waals surface area contributed by atoms with E-state index in [1.807, 2.05) is 53.3 Å². The second-order valence-electron chi connectivity index (χ2n) is 6.97. The Morgan fingerprint density at radius 1 is 1.22 bits per heavy atom. The van der Waals surface area contributed by atoms with Crippen LogP contribution in [0.4, 0.5) is 5.82 Å². The van der Waals surface area contributed by atoms with Gasteiger partial charge < -0.3 is 10.1 Å². The van der Waals surface area contributed by atoms with E-state index in [9.17, 15) is 4.79 Å². The number of ether oxygens (including phenoxy) is 1. The van der Waals surface area contributed by atoms with E-state index in [1.54, 1.807) is 6.20 Å². The molecule has 1 aromatic carbocycles. The molecule has 1 unspecified atom stereocenters. The molecule has 3 heterocycles. The minimum Gasteiger partial charge on any atom is -0.487 e. The highest BCUT2D eigenvalue weighted by molar-refractivity contribution is 5.94. The Kier molecular flexibility index (Phi) is 4.62. The maximum Gasteiger partial charge on any atom is 0.226 e. The van der Waals surface area contributed by atoms with Gasteiger partial charge in [-0.15, -0.1) is 0 Å². The molecule has 1 aliphatic heterocycles. The number of rotatable bonds is 5. The van der Waals surface area contributed by atoms with E-state index in [4.69, 9.17) is 4.74 Å². The largest absolute Gasteiger partial charge is 0.487 e. The normalized spacial score (nSPS) is 16.1. The Balaban J connectivity index is 1.53. The minimum atomic E-state index is 0.00564. The van der Waals surface area contributed by atoms with Gasteiger partial charge in [-0.25, -0.2) is 4.68 Å². The second-order valence-corrected chi connectivity index (χ2v) is 6.97. The molecule has 6 heteroatoms. The predicted octanol–water partition coefficient (Wildman–Crippen LogP) is 3.91. The molecule has 6 nitrogen and oxygen atoms in total. The first-order chi connectivity index (χ1) is 13.1. The SMILES string of the molecule is CC(C)n1ncc2c1NC(=O)CC2c1ccc(OCc2ccccn2)cc1. The van der Waals surface area contributed by atoms with Crippen molar-refractivity contribution in [1.29, 1.82) is 0 Å². The standard InChI is InChI=1S/C21H22N4O2/c1-14(2)25-21-19(12-23-25)18(11-20(26)24-21)15-6-8-17(9-7-15)27-13-16-5-3-4-10-22-16/h3-10,12,14,18H,11,13H2,1-2H3,(H,24,26). The van der Waals surface area contributed by atoms with Crippen molar-refractivity contribution in [1.82, 2.24) is 14.8 Å². The molecular weight excluding hydrogens is 340 g/mol. The van der Waals surface area contributed by atoms with Crippen molar-refractivity contribution >= 4 is 11.7 Å². The van der Waals surface area contributed by atoms with Crippen molar-refractivity contribution in [3.63, 3.8) is 0 Å². The van der Waals surface area contributed by atoms with Gasteiger partial charge >= 0.3 is 0 Å². The van der Waals surface area contributed by atoms with Crippen molar-refractivity contribution in [2.45, 2.75) is 38.8 Å². The van der Waals surface area contributed by atoms with Crippen LogP contribution in [0.1, 0.15) is 49.0 Å². The molecule has 0 radical (unpaired) electrons. The van der Waals surface area contributed by atoms with Crippen molar-refractivity contribution in [3.05, 3.63) is 71.7 Å². The van der Waals surface area contributed by atoms with E-state index in [0.717, 1.165) is 28.4 Å². The fourth-order valence-electron chi connectivity index (χ4n) is 3.36. The number of pyridine rings is 1. The maximum atomic E-state index is 12.2. The van der Waals surface area contributed by atoms with Crippen molar-refractivity contribution in [2.75, 3.05) is 5.32 Å². The third kappa shape index (κ3) is 3.56. The molecule has 3 aromatic rings. The summed E-state index contributed by atoms with van der Waals surface area (Å²) in [5.74, 6) is 1.61. The van der Waals surface area contributed by atoms with Gasteiger partial charge in [0.1, 0.15) is 18.2 Å². The number of fused-ring (bicyclic) bond motifs is 1. The molecule has 0 bridgehead atoms. The van der Waals surface area contributed by atoms with Gasteiger partial charge in [-0.3, -0.25) is 9.78 Å². The fourth-order valence-corrected chi connectivity index (χ4v) is 3.36. The molecule has 1 aliphatic rings. The Morgan fingerprint density at radius 3 is 2.74 bits per heavy atom. The Bertz CT molecular complexity index is 933. The van der Waals surface area contributed by atoms with E-state index in [0.29, 0.717) is 13.0 Å². The molecule has 0 saturated heterocycles. The van der Waals surface area contributed by atoms with Gasteiger partial charge in [-0.2, -0.15) is 5.10 Å². The van der Waals surface area contributed by atoms with E-state index < -0.39 is 0 Å². The van der Waals surface area contributed by atoms with Crippen molar-refractivity contribution in [3.8, 4) is 5.75 Å². The van der Waals surface area contributed by atoms with E-state index in [2.05, 4.69) is 29.2 Å². The number of benzene rings is 1. The third-order valence-corrected chi connectivity index (χ3v) is 4.73. The van der Waals surface area contributed by atoms with Crippen LogP contribution in [0.5, 0.6) is 5.75 Å². The number of nitrogens with one attached hydrogen (secondary N) is 1. The Morgan fingerprint density at radius 2 is 2.04 bits per heavy atom. The molecule has 1 N–H and O–H groups in total. The molecule has 4 rings (SSSR count). The summed E-state index contributed by atoms with van der Waals surface area (Å²) >= 11 is 0. The van der Waals surface area contributed by atoms with Gasteiger partial charge in [0.25, 0.3) is 0 Å². The summed E-state index contributed by atoms with van der Waals surface area (Å²) in [6.07, 6.45) is 4.04. The maximum absolute atomic E-state index is 12.2. The lowest BCUT2D eigenvalue weighted by atomic mass is 9.87. The monoisotopic (exact) mass is 362 g/mol. The number of hydrogen-bond acceptors (Lipinski definition) is 4. The molecule has 1 atom stereocenters. The zero-order valence-electron chi connectivity index (χ0n) is 15.4. The molecule has 1 amide bonds. The minimum absolute atomic E-state index is 0.00564. The van der Waals surface area contributed by atoms with E-state index >= 15 is 0 Å². The summed E-state index contributed by atoms with van der Waals surface area (Å²) in [5.41, 5.74) is 3.03. The number of anilines is 1. The highest BCUT2D eigenvalue weighted by Crippen LogP contribution is 2.38. The highest BCUT2D eigenvalue weighted by atomic mass is 16.5. The number of amides is 1. The molecule has 2 aromatic heterocycles. The molecule has 0 aliphatic carbocycles. The number of hydrogen-bond donors (Lipinski definition) is 1. The zero-order valence-corrected chi connectivity index (χ0v) is 15.4. The number of carbonyl (C=O) groups is 1. The number of carbonyl (C=O) groups excluding carboxylic acids is 1. The van der Waals surface area contributed by atoms with Crippen LogP contribution in [0.25, 0.3) is 0 Å². The van der Waals surface area contributed by atoms with Crippen molar-refractivity contribution < 1.29 is 9.53 Å². The van der Waals surface area contributed by atoms with Crippen LogP contribution < -0.4 is 10.1 Å². The lowest BCUT2D eigenvalue weighted by molar-refractivity contribution is -0.116. The molecule has 0 fully saturated rings.